The fourth-order valence-corrected chi connectivity index (χ4v) is 3.72. The number of aliphatic carboxylic acids is 1. The summed E-state index contributed by atoms with van der Waals surface area (Å²) < 4.78 is 0. The Hall–Kier alpha value is -1.62. The molecule has 0 aliphatic heterocycles. The van der Waals surface area contributed by atoms with Crippen molar-refractivity contribution in [2.24, 2.45) is 0 Å². The van der Waals surface area contributed by atoms with Crippen molar-refractivity contribution in [1.82, 2.24) is 4.90 Å². The monoisotopic (exact) mass is 307 g/mol. The van der Waals surface area contributed by atoms with E-state index < -0.39 is 5.97 Å². The van der Waals surface area contributed by atoms with E-state index in [0.29, 0.717) is 23.0 Å². The molecule has 0 atom stereocenters. The van der Waals surface area contributed by atoms with Crippen LogP contribution in [0.4, 0.5) is 0 Å². The molecule has 0 radical (unpaired) electrons. The highest BCUT2D eigenvalue weighted by Gasteiger charge is 2.26. The predicted octanol–water partition coefficient (Wildman–Crippen LogP) is 3.64. The van der Waals surface area contributed by atoms with E-state index in [1.807, 2.05) is 17.2 Å². The summed E-state index contributed by atoms with van der Waals surface area (Å²) >= 11 is 1.38. The SMILES string of the molecule is CCN(C(=O)c1sccc1C=CC(=O)O)C1CCCCC1. The molecular formula is C16H21NO3S. The summed E-state index contributed by atoms with van der Waals surface area (Å²) in [5, 5.41) is 10.6. The first-order valence-electron chi connectivity index (χ1n) is 7.43. The molecule has 0 spiro atoms. The van der Waals surface area contributed by atoms with Crippen molar-refractivity contribution < 1.29 is 14.7 Å². The Morgan fingerprint density at radius 2 is 2.10 bits per heavy atom. The molecule has 4 nitrogen and oxygen atoms in total. The summed E-state index contributed by atoms with van der Waals surface area (Å²) in [5.74, 6) is -0.969. The van der Waals surface area contributed by atoms with Crippen LogP contribution < -0.4 is 0 Å². The van der Waals surface area contributed by atoms with Gasteiger partial charge >= 0.3 is 5.97 Å². The maximum Gasteiger partial charge on any atom is 0.328 e. The van der Waals surface area contributed by atoms with Gasteiger partial charge in [0.05, 0.1) is 4.88 Å². The first-order valence-corrected chi connectivity index (χ1v) is 8.31. The van der Waals surface area contributed by atoms with Crippen LogP contribution in [0, 0.1) is 0 Å². The molecule has 1 amide bonds. The highest BCUT2D eigenvalue weighted by Crippen LogP contribution is 2.27. The van der Waals surface area contributed by atoms with Crippen LogP contribution in [0.25, 0.3) is 6.08 Å². The van der Waals surface area contributed by atoms with Crippen molar-refractivity contribution >= 4 is 29.3 Å². The summed E-state index contributed by atoms with van der Waals surface area (Å²) in [5.41, 5.74) is 0.696. The number of hydrogen-bond donors (Lipinski definition) is 1. The first kappa shape index (κ1) is 15.8. The van der Waals surface area contributed by atoms with E-state index in [1.54, 1.807) is 6.07 Å². The lowest BCUT2D eigenvalue weighted by Crippen LogP contribution is -2.41. The molecular weight excluding hydrogens is 286 g/mol. The van der Waals surface area contributed by atoms with Gasteiger partial charge in [-0.15, -0.1) is 11.3 Å². The quantitative estimate of drug-likeness (QED) is 0.845. The van der Waals surface area contributed by atoms with Crippen LogP contribution in [0.1, 0.15) is 54.3 Å². The van der Waals surface area contributed by atoms with Gasteiger partial charge in [0.15, 0.2) is 0 Å². The van der Waals surface area contributed by atoms with Gasteiger partial charge in [0.25, 0.3) is 5.91 Å². The van der Waals surface area contributed by atoms with Crippen molar-refractivity contribution in [3.63, 3.8) is 0 Å². The second-order valence-electron chi connectivity index (χ2n) is 5.26. The Bertz CT molecular complexity index is 529. The topological polar surface area (TPSA) is 57.6 Å². The van der Waals surface area contributed by atoms with E-state index in [0.717, 1.165) is 18.9 Å². The number of rotatable bonds is 5. The average molecular weight is 307 g/mol. The maximum atomic E-state index is 12.8. The molecule has 1 aliphatic carbocycles. The molecule has 1 heterocycles. The number of amides is 1. The first-order chi connectivity index (χ1) is 10.1. The molecule has 1 fully saturated rings. The molecule has 1 saturated carbocycles. The maximum absolute atomic E-state index is 12.8. The molecule has 114 valence electrons. The average Bonchev–Trinajstić information content (AvgIpc) is 2.95. The van der Waals surface area contributed by atoms with Crippen LogP contribution in [-0.4, -0.2) is 34.5 Å². The molecule has 0 aromatic carbocycles. The van der Waals surface area contributed by atoms with Crippen molar-refractivity contribution in [3.8, 4) is 0 Å². The van der Waals surface area contributed by atoms with Gasteiger partial charge in [-0.1, -0.05) is 19.3 Å². The Morgan fingerprint density at radius 1 is 1.38 bits per heavy atom. The Morgan fingerprint density at radius 3 is 2.71 bits per heavy atom. The van der Waals surface area contributed by atoms with E-state index in [-0.39, 0.29) is 5.91 Å². The molecule has 1 N–H and O–H groups in total. The minimum absolute atomic E-state index is 0.0319. The second kappa shape index (κ2) is 7.41. The van der Waals surface area contributed by atoms with E-state index in [9.17, 15) is 9.59 Å². The van der Waals surface area contributed by atoms with E-state index in [4.69, 9.17) is 5.11 Å². The molecule has 21 heavy (non-hydrogen) atoms. The van der Waals surface area contributed by atoms with Crippen molar-refractivity contribution in [2.75, 3.05) is 6.54 Å². The van der Waals surface area contributed by atoms with Crippen LogP contribution in [0.3, 0.4) is 0 Å². The minimum atomic E-state index is -1.00. The van der Waals surface area contributed by atoms with E-state index in [2.05, 4.69) is 0 Å². The zero-order chi connectivity index (χ0) is 15.2. The lowest BCUT2D eigenvalue weighted by atomic mass is 9.94. The van der Waals surface area contributed by atoms with Gasteiger partial charge in [-0.2, -0.15) is 0 Å². The third-order valence-corrected chi connectivity index (χ3v) is 4.83. The van der Waals surface area contributed by atoms with Crippen LogP contribution >= 0.6 is 11.3 Å². The Labute approximate surface area is 129 Å². The fourth-order valence-electron chi connectivity index (χ4n) is 2.88. The Balaban J connectivity index is 2.17. The van der Waals surface area contributed by atoms with Gasteiger partial charge in [0.2, 0.25) is 0 Å². The predicted molar refractivity (Wildman–Crippen MR) is 84.6 cm³/mol. The van der Waals surface area contributed by atoms with Gasteiger partial charge in [-0.25, -0.2) is 4.79 Å². The largest absolute Gasteiger partial charge is 0.478 e. The highest BCUT2D eigenvalue weighted by molar-refractivity contribution is 7.12. The minimum Gasteiger partial charge on any atom is -0.478 e. The molecule has 0 bridgehead atoms. The van der Waals surface area contributed by atoms with Crippen LogP contribution in [0.5, 0.6) is 0 Å². The van der Waals surface area contributed by atoms with Gasteiger partial charge in [0, 0.05) is 18.7 Å². The molecule has 0 unspecified atom stereocenters. The summed E-state index contributed by atoms with van der Waals surface area (Å²) in [7, 11) is 0. The molecule has 5 heteroatoms. The van der Waals surface area contributed by atoms with Gasteiger partial charge in [-0.3, -0.25) is 4.79 Å². The smallest absolute Gasteiger partial charge is 0.328 e. The van der Waals surface area contributed by atoms with Crippen molar-refractivity contribution in [2.45, 2.75) is 45.1 Å². The summed E-state index contributed by atoms with van der Waals surface area (Å²) in [6.45, 7) is 2.70. The van der Waals surface area contributed by atoms with Crippen LogP contribution in [0.2, 0.25) is 0 Å². The second-order valence-corrected chi connectivity index (χ2v) is 6.18. The standard InChI is InChI=1S/C16H21NO3S/c1-2-17(13-6-4-3-5-7-13)16(20)15-12(10-11-21-15)8-9-14(18)19/h8-11,13H,2-7H2,1H3,(H,18,19). The molecule has 2 rings (SSSR count). The summed E-state index contributed by atoms with van der Waals surface area (Å²) in [4.78, 5) is 26.0. The molecule has 1 aliphatic rings. The lowest BCUT2D eigenvalue weighted by molar-refractivity contribution is -0.131. The zero-order valence-electron chi connectivity index (χ0n) is 12.2. The normalized spacial score (nSPS) is 16.2. The number of nitrogens with zero attached hydrogens (tertiary/aromatic N) is 1. The van der Waals surface area contributed by atoms with Gasteiger partial charge in [-0.05, 0) is 42.9 Å². The lowest BCUT2D eigenvalue weighted by Gasteiger charge is -2.33. The highest BCUT2D eigenvalue weighted by atomic mass is 32.1. The van der Waals surface area contributed by atoms with Crippen LogP contribution in [-0.2, 0) is 4.79 Å². The van der Waals surface area contributed by atoms with Gasteiger partial charge in [0.1, 0.15) is 0 Å². The van der Waals surface area contributed by atoms with Crippen LogP contribution in [0.15, 0.2) is 17.5 Å². The number of carboxylic acid groups (broad SMARTS) is 1. The summed E-state index contributed by atoms with van der Waals surface area (Å²) in [6.07, 6.45) is 8.36. The number of carboxylic acids is 1. The molecule has 1 aromatic heterocycles. The summed E-state index contributed by atoms with van der Waals surface area (Å²) in [6, 6.07) is 2.13. The number of carbonyl (C=O) groups is 2. The molecule has 0 saturated heterocycles. The fraction of sp³-hybridized carbons (Fsp3) is 0.500. The number of hydrogen-bond acceptors (Lipinski definition) is 3. The third-order valence-electron chi connectivity index (χ3n) is 3.91. The van der Waals surface area contributed by atoms with E-state index in [1.165, 1.54) is 36.7 Å². The number of thiophene rings is 1. The molecule has 1 aromatic rings. The van der Waals surface area contributed by atoms with Gasteiger partial charge < -0.3 is 10.0 Å². The zero-order valence-corrected chi connectivity index (χ0v) is 13.1. The Kier molecular flexibility index (Phi) is 5.56. The van der Waals surface area contributed by atoms with Crippen molar-refractivity contribution in [3.05, 3.63) is 28.0 Å². The third kappa shape index (κ3) is 3.94. The van der Waals surface area contributed by atoms with E-state index >= 15 is 0 Å². The van der Waals surface area contributed by atoms with Crippen molar-refractivity contribution in [1.29, 1.82) is 0 Å². The number of carbonyl (C=O) groups excluding carboxylic acids is 1.